The standard InChI is InChI=1S/C8H12ClNO5/c9-3-4-15-8(14)10-5-6(11)1-2-7(12)13/h1-5H2,(H,10,14)(H,12,13). The third-order valence-electron chi connectivity index (χ3n) is 1.36. The summed E-state index contributed by atoms with van der Waals surface area (Å²) < 4.78 is 4.52. The molecule has 7 heteroatoms. The number of alkyl carbamates (subject to hydrolysis) is 1. The number of ether oxygens (including phenoxy) is 1. The second-order valence-corrected chi connectivity index (χ2v) is 2.99. The van der Waals surface area contributed by atoms with E-state index in [0.29, 0.717) is 0 Å². The normalized spacial score (nSPS) is 9.40. The van der Waals surface area contributed by atoms with E-state index in [1.807, 2.05) is 0 Å². The first-order chi connectivity index (χ1) is 7.06. The average molecular weight is 238 g/mol. The number of carboxylic acids is 1. The van der Waals surface area contributed by atoms with Crippen LogP contribution in [0.2, 0.25) is 0 Å². The highest BCUT2D eigenvalue weighted by molar-refractivity contribution is 6.18. The van der Waals surface area contributed by atoms with Crippen molar-refractivity contribution in [1.29, 1.82) is 0 Å². The Balaban J connectivity index is 3.53. The molecule has 0 aromatic carbocycles. The molecule has 0 fully saturated rings. The number of carbonyl (C=O) groups excluding carboxylic acids is 2. The molecule has 0 aromatic rings. The van der Waals surface area contributed by atoms with Crippen LogP contribution in [0.1, 0.15) is 12.8 Å². The molecule has 0 aromatic heterocycles. The van der Waals surface area contributed by atoms with Crippen LogP contribution in [0.4, 0.5) is 4.79 Å². The predicted molar refractivity (Wildman–Crippen MR) is 51.9 cm³/mol. The number of halogens is 1. The summed E-state index contributed by atoms with van der Waals surface area (Å²) in [5, 5.41) is 10.5. The molecular weight excluding hydrogens is 226 g/mol. The molecule has 0 unspecified atom stereocenters. The van der Waals surface area contributed by atoms with Crippen molar-refractivity contribution in [3.05, 3.63) is 0 Å². The summed E-state index contributed by atoms with van der Waals surface area (Å²) in [4.78, 5) is 31.9. The zero-order valence-corrected chi connectivity index (χ0v) is 8.75. The summed E-state index contributed by atoms with van der Waals surface area (Å²) >= 11 is 5.26. The quantitative estimate of drug-likeness (QED) is 0.625. The van der Waals surface area contributed by atoms with Gasteiger partial charge in [0.05, 0.1) is 18.8 Å². The van der Waals surface area contributed by atoms with Crippen LogP contribution in [0.3, 0.4) is 0 Å². The lowest BCUT2D eigenvalue weighted by molar-refractivity contribution is -0.138. The maximum atomic E-state index is 11.0. The van der Waals surface area contributed by atoms with Crippen molar-refractivity contribution >= 4 is 29.4 Å². The van der Waals surface area contributed by atoms with Crippen LogP contribution >= 0.6 is 11.6 Å². The number of carbonyl (C=O) groups is 3. The first kappa shape index (κ1) is 13.7. The highest BCUT2D eigenvalue weighted by atomic mass is 35.5. The molecule has 1 amide bonds. The van der Waals surface area contributed by atoms with Crippen molar-refractivity contribution in [2.24, 2.45) is 0 Å². The minimum atomic E-state index is -1.05. The molecule has 2 N–H and O–H groups in total. The molecule has 0 saturated carbocycles. The maximum Gasteiger partial charge on any atom is 0.407 e. The van der Waals surface area contributed by atoms with E-state index in [-0.39, 0.29) is 37.7 Å². The summed E-state index contributed by atoms with van der Waals surface area (Å²) in [6, 6.07) is 0. The molecule has 0 saturated heterocycles. The van der Waals surface area contributed by atoms with Crippen LogP contribution in [-0.4, -0.2) is 42.0 Å². The van der Waals surface area contributed by atoms with Gasteiger partial charge in [0.1, 0.15) is 6.61 Å². The van der Waals surface area contributed by atoms with Crippen LogP contribution in [-0.2, 0) is 14.3 Å². The van der Waals surface area contributed by atoms with E-state index < -0.39 is 12.1 Å². The van der Waals surface area contributed by atoms with Gasteiger partial charge in [0.15, 0.2) is 5.78 Å². The van der Waals surface area contributed by atoms with Crippen LogP contribution in [0, 0.1) is 0 Å². The van der Waals surface area contributed by atoms with Gasteiger partial charge in [0.25, 0.3) is 0 Å². The predicted octanol–water partition coefficient (Wildman–Crippen LogP) is 0.385. The summed E-state index contributed by atoms with van der Waals surface area (Å²) in [5.41, 5.74) is 0. The first-order valence-electron chi connectivity index (χ1n) is 4.26. The molecule has 0 aliphatic carbocycles. The lowest BCUT2D eigenvalue weighted by atomic mass is 10.2. The lowest BCUT2D eigenvalue weighted by Crippen LogP contribution is -2.30. The smallest absolute Gasteiger partial charge is 0.407 e. The van der Waals surface area contributed by atoms with Crippen molar-refractivity contribution < 1.29 is 24.2 Å². The molecule has 0 rings (SSSR count). The van der Waals surface area contributed by atoms with Gasteiger partial charge in [0.2, 0.25) is 0 Å². The number of rotatable bonds is 7. The first-order valence-corrected chi connectivity index (χ1v) is 4.79. The van der Waals surface area contributed by atoms with Gasteiger partial charge in [-0.2, -0.15) is 0 Å². The molecular formula is C8H12ClNO5. The Bertz CT molecular complexity index is 243. The second-order valence-electron chi connectivity index (χ2n) is 2.61. The largest absolute Gasteiger partial charge is 0.481 e. The van der Waals surface area contributed by atoms with Gasteiger partial charge >= 0.3 is 12.1 Å². The van der Waals surface area contributed by atoms with Gasteiger partial charge in [-0.1, -0.05) is 0 Å². The molecule has 0 spiro atoms. The topological polar surface area (TPSA) is 92.7 Å². The molecule has 15 heavy (non-hydrogen) atoms. The average Bonchev–Trinajstić information content (AvgIpc) is 2.20. The minimum absolute atomic E-state index is 0.0662. The Labute approximate surface area is 91.5 Å². The summed E-state index contributed by atoms with van der Waals surface area (Å²) in [7, 11) is 0. The summed E-state index contributed by atoms with van der Waals surface area (Å²) in [6.07, 6.45) is -1.08. The number of hydrogen-bond acceptors (Lipinski definition) is 4. The Morgan fingerprint density at radius 1 is 1.27 bits per heavy atom. The molecule has 0 heterocycles. The number of amides is 1. The van der Waals surface area contributed by atoms with Gasteiger partial charge in [-0.25, -0.2) is 4.79 Å². The second kappa shape index (κ2) is 8.05. The zero-order valence-electron chi connectivity index (χ0n) is 7.99. The summed E-state index contributed by atoms with van der Waals surface area (Å²) in [5.74, 6) is -1.23. The fraction of sp³-hybridized carbons (Fsp3) is 0.625. The molecule has 0 atom stereocenters. The Morgan fingerprint density at radius 3 is 2.47 bits per heavy atom. The molecule has 0 radical (unpaired) electrons. The van der Waals surface area contributed by atoms with E-state index in [9.17, 15) is 14.4 Å². The zero-order chi connectivity index (χ0) is 11.7. The van der Waals surface area contributed by atoms with Crippen LogP contribution in [0.5, 0.6) is 0 Å². The van der Waals surface area contributed by atoms with E-state index in [1.54, 1.807) is 0 Å². The maximum absolute atomic E-state index is 11.0. The van der Waals surface area contributed by atoms with Crippen molar-refractivity contribution in [2.75, 3.05) is 19.0 Å². The Kier molecular flexibility index (Phi) is 7.35. The molecule has 0 bridgehead atoms. The highest BCUT2D eigenvalue weighted by Crippen LogP contribution is 1.90. The van der Waals surface area contributed by atoms with Gasteiger partial charge in [0, 0.05) is 6.42 Å². The van der Waals surface area contributed by atoms with E-state index in [2.05, 4.69) is 10.1 Å². The number of carboxylic acid groups (broad SMARTS) is 1. The van der Waals surface area contributed by atoms with E-state index in [4.69, 9.17) is 16.7 Å². The van der Waals surface area contributed by atoms with E-state index in [1.165, 1.54) is 0 Å². The number of ketones is 1. The van der Waals surface area contributed by atoms with Gasteiger partial charge in [-0.3, -0.25) is 9.59 Å². The number of alkyl halides is 1. The number of Topliss-reactive ketones (excluding diaryl/α,β-unsaturated/α-hetero) is 1. The van der Waals surface area contributed by atoms with Crippen molar-refractivity contribution in [3.8, 4) is 0 Å². The number of hydrogen-bond donors (Lipinski definition) is 2. The number of aliphatic carboxylic acids is 1. The monoisotopic (exact) mass is 237 g/mol. The van der Waals surface area contributed by atoms with Crippen molar-refractivity contribution in [3.63, 3.8) is 0 Å². The van der Waals surface area contributed by atoms with E-state index in [0.717, 1.165) is 0 Å². The van der Waals surface area contributed by atoms with Crippen LogP contribution < -0.4 is 5.32 Å². The van der Waals surface area contributed by atoms with Gasteiger partial charge in [-0.05, 0) is 0 Å². The molecule has 0 aliphatic rings. The molecule has 0 aliphatic heterocycles. The van der Waals surface area contributed by atoms with Gasteiger partial charge in [-0.15, -0.1) is 11.6 Å². The van der Waals surface area contributed by atoms with Crippen molar-refractivity contribution in [2.45, 2.75) is 12.8 Å². The number of nitrogens with one attached hydrogen (secondary N) is 1. The highest BCUT2D eigenvalue weighted by Gasteiger charge is 2.07. The SMILES string of the molecule is O=C(O)CCC(=O)CNC(=O)OCCCl. The molecule has 6 nitrogen and oxygen atoms in total. The Hall–Kier alpha value is -1.30. The fourth-order valence-corrected chi connectivity index (χ4v) is 0.765. The third kappa shape index (κ3) is 9.01. The lowest BCUT2D eigenvalue weighted by Gasteiger charge is -2.04. The Morgan fingerprint density at radius 2 is 1.93 bits per heavy atom. The van der Waals surface area contributed by atoms with Crippen LogP contribution in [0.15, 0.2) is 0 Å². The van der Waals surface area contributed by atoms with Crippen molar-refractivity contribution in [1.82, 2.24) is 5.32 Å². The minimum Gasteiger partial charge on any atom is -0.481 e. The van der Waals surface area contributed by atoms with Gasteiger partial charge < -0.3 is 15.2 Å². The van der Waals surface area contributed by atoms with Crippen LogP contribution in [0.25, 0.3) is 0 Å². The fourth-order valence-electron chi connectivity index (χ4n) is 0.688. The third-order valence-corrected chi connectivity index (χ3v) is 1.51. The summed E-state index contributed by atoms with van der Waals surface area (Å²) in [6.45, 7) is -0.162. The van der Waals surface area contributed by atoms with E-state index >= 15 is 0 Å². The molecule has 86 valence electrons.